The third-order valence-corrected chi connectivity index (χ3v) is 4.10. The topological polar surface area (TPSA) is 68.0 Å². The summed E-state index contributed by atoms with van der Waals surface area (Å²) < 4.78 is 0. The zero-order chi connectivity index (χ0) is 12.4. The first-order valence-electron chi connectivity index (χ1n) is 5.14. The minimum absolute atomic E-state index is 0.00326. The first kappa shape index (κ1) is 12.1. The van der Waals surface area contributed by atoms with Crippen LogP contribution in [0.2, 0.25) is 0 Å². The van der Waals surface area contributed by atoms with Gasteiger partial charge in [0.25, 0.3) is 5.91 Å². The monoisotopic (exact) mass is 267 g/mol. The Hall–Kier alpha value is -1.40. The maximum absolute atomic E-state index is 12.0. The Kier molecular flexibility index (Phi) is 3.44. The lowest BCUT2D eigenvalue weighted by atomic mass is 10.2. The van der Waals surface area contributed by atoms with Crippen LogP contribution >= 0.6 is 22.7 Å². The van der Waals surface area contributed by atoms with Crippen LogP contribution in [-0.4, -0.2) is 10.9 Å². The van der Waals surface area contributed by atoms with Crippen molar-refractivity contribution in [3.8, 4) is 0 Å². The second kappa shape index (κ2) is 4.85. The lowest BCUT2D eigenvalue weighted by molar-refractivity contribution is 0.0943. The Balaban J connectivity index is 2.09. The van der Waals surface area contributed by atoms with E-state index in [1.165, 1.54) is 11.3 Å². The molecule has 2 aromatic heterocycles. The van der Waals surface area contributed by atoms with Crippen LogP contribution in [0, 0.1) is 6.92 Å². The molecule has 0 aliphatic heterocycles. The van der Waals surface area contributed by atoms with Crippen LogP contribution in [0.15, 0.2) is 16.8 Å². The number of amides is 1. The highest BCUT2D eigenvalue weighted by Gasteiger charge is 2.16. The van der Waals surface area contributed by atoms with Crippen molar-refractivity contribution in [3.05, 3.63) is 33.0 Å². The number of nitrogens with two attached hydrogens (primary N) is 1. The summed E-state index contributed by atoms with van der Waals surface area (Å²) in [7, 11) is 0. The summed E-state index contributed by atoms with van der Waals surface area (Å²) >= 11 is 2.84. The van der Waals surface area contributed by atoms with Gasteiger partial charge in [-0.15, -0.1) is 0 Å². The molecular weight excluding hydrogens is 254 g/mol. The van der Waals surface area contributed by atoms with E-state index in [9.17, 15) is 4.79 Å². The molecule has 2 heterocycles. The molecule has 6 heteroatoms. The van der Waals surface area contributed by atoms with Crippen LogP contribution in [0.5, 0.6) is 0 Å². The van der Waals surface area contributed by atoms with Gasteiger partial charge in [-0.2, -0.15) is 11.3 Å². The molecule has 0 radical (unpaired) electrons. The predicted molar refractivity (Wildman–Crippen MR) is 71.5 cm³/mol. The van der Waals surface area contributed by atoms with Gasteiger partial charge in [-0.25, -0.2) is 4.98 Å². The average Bonchev–Trinajstić information content (AvgIpc) is 2.87. The Bertz CT molecular complexity index is 519. The van der Waals surface area contributed by atoms with Gasteiger partial charge in [0.2, 0.25) is 0 Å². The molecule has 0 spiro atoms. The van der Waals surface area contributed by atoms with E-state index < -0.39 is 0 Å². The largest absolute Gasteiger partial charge is 0.375 e. The van der Waals surface area contributed by atoms with Crippen molar-refractivity contribution in [3.63, 3.8) is 0 Å². The molecule has 2 aromatic rings. The summed E-state index contributed by atoms with van der Waals surface area (Å²) in [5, 5.41) is 7.38. The maximum Gasteiger partial charge on any atom is 0.263 e. The van der Waals surface area contributed by atoms with Crippen LogP contribution in [0.3, 0.4) is 0 Å². The zero-order valence-electron chi connectivity index (χ0n) is 9.56. The Morgan fingerprint density at radius 2 is 2.35 bits per heavy atom. The van der Waals surface area contributed by atoms with Gasteiger partial charge in [-0.3, -0.25) is 4.79 Å². The minimum atomic E-state index is -0.115. The summed E-state index contributed by atoms with van der Waals surface area (Å²) in [6, 6.07) is 2.00. The van der Waals surface area contributed by atoms with E-state index in [0.29, 0.717) is 15.7 Å². The summed E-state index contributed by atoms with van der Waals surface area (Å²) in [6.45, 7) is 3.75. The quantitative estimate of drug-likeness (QED) is 0.898. The summed E-state index contributed by atoms with van der Waals surface area (Å²) in [4.78, 5) is 16.6. The molecule has 0 fully saturated rings. The molecule has 1 unspecified atom stereocenters. The number of nitrogen functional groups attached to an aromatic ring is 1. The van der Waals surface area contributed by atoms with Gasteiger partial charge in [0, 0.05) is 0 Å². The number of nitrogens with zero attached hydrogens (tertiary/aromatic N) is 1. The van der Waals surface area contributed by atoms with Gasteiger partial charge < -0.3 is 11.1 Å². The van der Waals surface area contributed by atoms with Gasteiger partial charge in [-0.05, 0) is 36.2 Å². The van der Waals surface area contributed by atoms with Crippen LogP contribution < -0.4 is 11.1 Å². The predicted octanol–water partition coefficient (Wildman–Crippen LogP) is 2.59. The molecule has 0 saturated carbocycles. The van der Waals surface area contributed by atoms with E-state index in [1.807, 2.05) is 23.8 Å². The molecule has 2 rings (SSSR count). The van der Waals surface area contributed by atoms with Crippen molar-refractivity contribution in [1.82, 2.24) is 10.3 Å². The minimum Gasteiger partial charge on any atom is -0.375 e. The number of thiazole rings is 1. The third-order valence-electron chi connectivity index (χ3n) is 2.41. The molecule has 0 aliphatic rings. The number of aryl methyl sites for hydroxylation is 1. The fraction of sp³-hybridized carbons (Fsp3) is 0.273. The summed E-state index contributed by atoms with van der Waals surface area (Å²) in [6.07, 6.45) is 0. The number of hydrogen-bond acceptors (Lipinski definition) is 5. The summed E-state index contributed by atoms with van der Waals surface area (Å²) in [5.41, 5.74) is 7.36. The molecular formula is C11H13N3OS2. The number of anilines is 1. The fourth-order valence-corrected chi connectivity index (χ4v) is 2.99. The van der Waals surface area contributed by atoms with Crippen molar-refractivity contribution in [2.75, 3.05) is 5.73 Å². The molecule has 0 bridgehead atoms. The number of rotatable bonds is 3. The normalized spacial score (nSPS) is 12.4. The van der Waals surface area contributed by atoms with Gasteiger partial charge in [0.05, 0.1) is 11.7 Å². The van der Waals surface area contributed by atoms with Crippen LogP contribution in [0.4, 0.5) is 5.13 Å². The molecule has 1 atom stereocenters. The number of hydrogen-bond donors (Lipinski definition) is 2. The lowest BCUT2D eigenvalue weighted by Crippen LogP contribution is -2.26. The molecule has 3 N–H and O–H groups in total. The maximum atomic E-state index is 12.0. The van der Waals surface area contributed by atoms with E-state index >= 15 is 0 Å². The second-order valence-corrected chi connectivity index (χ2v) is 5.53. The average molecular weight is 267 g/mol. The molecule has 90 valence electrons. The van der Waals surface area contributed by atoms with E-state index in [0.717, 1.165) is 5.56 Å². The van der Waals surface area contributed by atoms with Gasteiger partial charge in [0.15, 0.2) is 5.13 Å². The highest BCUT2D eigenvalue weighted by molar-refractivity contribution is 7.17. The van der Waals surface area contributed by atoms with Crippen LogP contribution in [0.1, 0.15) is 33.9 Å². The SMILES string of the molecule is Cc1nc(N)sc1C(=O)NC(C)c1ccsc1. The lowest BCUT2D eigenvalue weighted by Gasteiger charge is -2.11. The van der Waals surface area contributed by atoms with Gasteiger partial charge in [0.1, 0.15) is 4.88 Å². The van der Waals surface area contributed by atoms with Crippen molar-refractivity contribution < 1.29 is 4.79 Å². The van der Waals surface area contributed by atoms with E-state index in [4.69, 9.17) is 5.73 Å². The van der Waals surface area contributed by atoms with Crippen molar-refractivity contribution in [2.45, 2.75) is 19.9 Å². The molecule has 0 aliphatic carbocycles. The molecule has 17 heavy (non-hydrogen) atoms. The summed E-state index contributed by atoms with van der Waals surface area (Å²) in [5.74, 6) is -0.115. The van der Waals surface area contributed by atoms with Gasteiger partial charge in [-0.1, -0.05) is 11.3 Å². The van der Waals surface area contributed by atoms with Crippen LogP contribution in [-0.2, 0) is 0 Å². The Labute approximate surface area is 107 Å². The highest BCUT2D eigenvalue weighted by atomic mass is 32.1. The standard InChI is InChI=1S/C11H13N3OS2/c1-6(8-3-4-16-5-8)13-10(15)9-7(2)14-11(12)17-9/h3-6H,1-2H3,(H2,12,14)(H,13,15). The van der Waals surface area contributed by atoms with Crippen molar-refractivity contribution in [1.29, 1.82) is 0 Å². The van der Waals surface area contributed by atoms with E-state index in [1.54, 1.807) is 18.3 Å². The molecule has 0 saturated heterocycles. The fourth-order valence-electron chi connectivity index (χ4n) is 1.49. The van der Waals surface area contributed by atoms with Crippen molar-refractivity contribution in [2.24, 2.45) is 0 Å². The number of carbonyl (C=O) groups is 1. The smallest absolute Gasteiger partial charge is 0.263 e. The van der Waals surface area contributed by atoms with Crippen LogP contribution in [0.25, 0.3) is 0 Å². The molecule has 1 amide bonds. The second-order valence-electron chi connectivity index (χ2n) is 3.72. The first-order chi connectivity index (χ1) is 8.08. The molecule has 4 nitrogen and oxygen atoms in total. The Morgan fingerprint density at radius 3 is 2.88 bits per heavy atom. The highest BCUT2D eigenvalue weighted by Crippen LogP contribution is 2.21. The molecule has 0 aromatic carbocycles. The third kappa shape index (κ3) is 2.65. The zero-order valence-corrected chi connectivity index (χ0v) is 11.2. The van der Waals surface area contributed by atoms with E-state index in [-0.39, 0.29) is 11.9 Å². The van der Waals surface area contributed by atoms with E-state index in [2.05, 4.69) is 10.3 Å². The number of nitrogens with one attached hydrogen (secondary N) is 1. The Morgan fingerprint density at radius 1 is 1.59 bits per heavy atom. The van der Waals surface area contributed by atoms with Crippen molar-refractivity contribution >= 4 is 33.7 Å². The van der Waals surface area contributed by atoms with Gasteiger partial charge >= 0.3 is 0 Å². The number of aromatic nitrogens is 1. The number of thiophene rings is 1. The first-order valence-corrected chi connectivity index (χ1v) is 6.89. The number of carbonyl (C=O) groups excluding carboxylic acids is 1.